The first-order valence-electron chi connectivity index (χ1n) is 8.12. The van der Waals surface area contributed by atoms with Crippen molar-refractivity contribution in [3.8, 4) is 0 Å². The molecule has 1 saturated heterocycles. The van der Waals surface area contributed by atoms with Crippen LogP contribution in [0.3, 0.4) is 0 Å². The molecule has 0 bridgehead atoms. The van der Waals surface area contributed by atoms with E-state index in [4.69, 9.17) is 0 Å². The minimum absolute atomic E-state index is 0.0682. The molecule has 2 fully saturated rings. The van der Waals surface area contributed by atoms with E-state index in [1.54, 1.807) is 0 Å². The fraction of sp³-hybridized carbons (Fsp3) is 0.875. The van der Waals surface area contributed by atoms with Gasteiger partial charge in [-0.25, -0.2) is 0 Å². The molecule has 1 aliphatic carbocycles. The average molecular weight is 281 g/mol. The van der Waals surface area contributed by atoms with Gasteiger partial charge in [0.15, 0.2) is 0 Å². The Labute approximate surface area is 121 Å². The molecular formula is C16H27NO3. The molecule has 114 valence electrons. The Morgan fingerprint density at radius 3 is 2.35 bits per heavy atom. The second-order valence-corrected chi connectivity index (χ2v) is 6.47. The summed E-state index contributed by atoms with van der Waals surface area (Å²) >= 11 is 0. The second-order valence-electron chi connectivity index (χ2n) is 6.47. The Bertz CT molecular complexity index is 359. The zero-order chi connectivity index (χ0) is 14.6. The van der Waals surface area contributed by atoms with Crippen LogP contribution >= 0.6 is 0 Å². The summed E-state index contributed by atoms with van der Waals surface area (Å²) in [5.41, 5.74) is -0.797. The lowest BCUT2D eigenvalue weighted by molar-refractivity contribution is -0.155. The van der Waals surface area contributed by atoms with Crippen molar-refractivity contribution in [1.29, 1.82) is 0 Å². The number of carbonyl (C=O) groups excluding carboxylic acids is 1. The van der Waals surface area contributed by atoms with Gasteiger partial charge in [-0.15, -0.1) is 0 Å². The van der Waals surface area contributed by atoms with Crippen molar-refractivity contribution < 1.29 is 14.7 Å². The lowest BCUT2D eigenvalue weighted by atomic mass is 9.77. The molecule has 2 aliphatic rings. The highest BCUT2D eigenvalue weighted by molar-refractivity contribution is 5.85. The maximum Gasteiger partial charge on any atom is 0.310 e. The van der Waals surface area contributed by atoms with Gasteiger partial charge < -0.3 is 10.0 Å². The molecule has 4 nitrogen and oxygen atoms in total. The number of aliphatic carboxylic acids is 1. The summed E-state index contributed by atoms with van der Waals surface area (Å²) in [4.78, 5) is 26.3. The van der Waals surface area contributed by atoms with Crippen LogP contribution in [-0.4, -0.2) is 34.5 Å². The van der Waals surface area contributed by atoms with E-state index in [2.05, 4.69) is 6.92 Å². The number of carboxylic acid groups (broad SMARTS) is 1. The lowest BCUT2D eigenvalue weighted by Crippen LogP contribution is -2.41. The van der Waals surface area contributed by atoms with Gasteiger partial charge in [0.05, 0.1) is 5.41 Å². The minimum Gasteiger partial charge on any atom is -0.481 e. The number of rotatable bonds is 4. The van der Waals surface area contributed by atoms with E-state index in [-0.39, 0.29) is 12.3 Å². The summed E-state index contributed by atoms with van der Waals surface area (Å²) in [6.07, 6.45) is 8.73. The zero-order valence-corrected chi connectivity index (χ0v) is 12.6. The van der Waals surface area contributed by atoms with Gasteiger partial charge in [-0.3, -0.25) is 9.59 Å². The number of likely N-dealkylation sites (tertiary alicyclic amines) is 1. The molecule has 1 N–H and O–H groups in total. The monoisotopic (exact) mass is 281 g/mol. The Balaban J connectivity index is 2.07. The summed E-state index contributed by atoms with van der Waals surface area (Å²) in [5, 5.41) is 9.66. The van der Waals surface area contributed by atoms with Gasteiger partial charge >= 0.3 is 5.97 Å². The van der Waals surface area contributed by atoms with Crippen LogP contribution in [0.25, 0.3) is 0 Å². The Morgan fingerprint density at radius 2 is 1.80 bits per heavy atom. The van der Waals surface area contributed by atoms with E-state index >= 15 is 0 Å². The summed E-state index contributed by atoms with van der Waals surface area (Å²) < 4.78 is 0. The van der Waals surface area contributed by atoms with Crippen LogP contribution in [0.1, 0.15) is 71.1 Å². The van der Waals surface area contributed by atoms with E-state index in [1.165, 1.54) is 0 Å². The second kappa shape index (κ2) is 6.59. The number of hydrogen-bond donors (Lipinski definition) is 1. The van der Waals surface area contributed by atoms with E-state index in [0.717, 1.165) is 51.5 Å². The highest BCUT2D eigenvalue weighted by Gasteiger charge is 2.42. The number of hydrogen-bond acceptors (Lipinski definition) is 2. The van der Waals surface area contributed by atoms with Crippen molar-refractivity contribution in [3.05, 3.63) is 0 Å². The topological polar surface area (TPSA) is 57.6 Å². The normalized spacial score (nSPS) is 26.2. The van der Waals surface area contributed by atoms with Crippen LogP contribution in [0, 0.1) is 5.41 Å². The SMILES string of the molecule is CCC1CCCN1C(=O)CC1(C(=O)O)CCCCCC1. The molecule has 2 rings (SSSR count). The summed E-state index contributed by atoms with van der Waals surface area (Å²) in [5.74, 6) is -0.696. The van der Waals surface area contributed by atoms with Crippen molar-refractivity contribution in [1.82, 2.24) is 4.90 Å². The molecule has 20 heavy (non-hydrogen) atoms. The number of carbonyl (C=O) groups is 2. The van der Waals surface area contributed by atoms with Gasteiger partial charge in [0, 0.05) is 19.0 Å². The molecule has 1 atom stereocenters. The largest absolute Gasteiger partial charge is 0.481 e. The van der Waals surface area contributed by atoms with E-state index in [1.807, 2.05) is 4.90 Å². The Kier molecular flexibility index (Phi) is 5.06. The van der Waals surface area contributed by atoms with Crippen LogP contribution < -0.4 is 0 Å². The predicted octanol–water partition coefficient (Wildman–Crippen LogP) is 3.20. The lowest BCUT2D eigenvalue weighted by Gasteiger charge is -2.31. The first kappa shape index (κ1) is 15.3. The van der Waals surface area contributed by atoms with Crippen LogP contribution in [0.4, 0.5) is 0 Å². The van der Waals surface area contributed by atoms with Gasteiger partial charge in [-0.2, -0.15) is 0 Å². The molecule has 1 heterocycles. The van der Waals surface area contributed by atoms with Crippen molar-refractivity contribution in [3.63, 3.8) is 0 Å². The molecule has 1 unspecified atom stereocenters. The number of carboxylic acids is 1. The van der Waals surface area contributed by atoms with Crippen LogP contribution in [-0.2, 0) is 9.59 Å². The number of amides is 1. The third-order valence-corrected chi connectivity index (χ3v) is 5.17. The molecule has 0 aromatic heterocycles. The van der Waals surface area contributed by atoms with E-state index in [0.29, 0.717) is 18.9 Å². The molecule has 1 aliphatic heterocycles. The summed E-state index contributed by atoms with van der Waals surface area (Å²) in [7, 11) is 0. The quantitative estimate of drug-likeness (QED) is 0.805. The van der Waals surface area contributed by atoms with Crippen molar-refractivity contribution in [2.24, 2.45) is 5.41 Å². The molecule has 4 heteroatoms. The molecule has 0 aromatic carbocycles. The molecular weight excluding hydrogens is 254 g/mol. The summed E-state index contributed by atoms with van der Waals surface area (Å²) in [6.45, 7) is 2.92. The van der Waals surface area contributed by atoms with Crippen molar-refractivity contribution >= 4 is 11.9 Å². The highest BCUT2D eigenvalue weighted by Crippen LogP contribution is 2.39. The van der Waals surface area contributed by atoms with Crippen LogP contribution in [0.15, 0.2) is 0 Å². The highest BCUT2D eigenvalue weighted by atomic mass is 16.4. The molecule has 1 saturated carbocycles. The maximum absolute atomic E-state index is 12.6. The fourth-order valence-corrected chi connectivity index (χ4v) is 3.85. The van der Waals surface area contributed by atoms with Gasteiger partial charge in [0.1, 0.15) is 0 Å². The smallest absolute Gasteiger partial charge is 0.310 e. The Morgan fingerprint density at radius 1 is 1.15 bits per heavy atom. The maximum atomic E-state index is 12.6. The van der Waals surface area contributed by atoms with Gasteiger partial charge in [0.2, 0.25) is 5.91 Å². The molecule has 0 aromatic rings. The van der Waals surface area contributed by atoms with Gasteiger partial charge in [-0.05, 0) is 32.1 Å². The molecule has 0 radical (unpaired) electrons. The van der Waals surface area contributed by atoms with Crippen LogP contribution in [0.5, 0.6) is 0 Å². The number of nitrogens with zero attached hydrogens (tertiary/aromatic N) is 1. The van der Waals surface area contributed by atoms with E-state index < -0.39 is 11.4 Å². The fourth-order valence-electron chi connectivity index (χ4n) is 3.85. The van der Waals surface area contributed by atoms with Crippen molar-refractivity contribution in [2.75, 3.05) is 6.54 Å². The molecule has 1 amide bonds. The first-order valence-corrected chi connectivity index (χ1v) is 8.12. The third-order valence-electron chi connectivity index (χ3n) is 5.17. The predicted molar refractivity (Wildman–Crippen MR) is 77.4 cm³/mol. The standard InChI is InChI=1S/C16H27NO3/c1-2-13-8-7-11-17(13)14(18)12-16(15(19)20)9-5-3-4-6-10-16/h13H,2-12H2,1H3,(H,19,20). The zero-order valence-electron chi connectivity index (χ0n) is 12.6. The Hall–Kier alpha value is -1.06. The van der Waals surface area contributed by atoms with Gasteiger partial charge in [-0.1, -0.05) is 32.6 Å². The van der Waals surface area contributed by atoms with Crippen LogP contribution in [0.2, 0.25) is 0 Å². The average Bonchev–Trinajstić information content (AvgIpc) is 2.78. The third kappa shape index (κ3) is 3.15. The van der Waals surface area contributed by atoms with E-state index in [9.17, 15) is 14.7 Å². The summed E-state index contributed by atoms with van der Waals surface area (Å²) in [6, 6.07) is 0.333. The van der Waals surface area contributed by atoms with Crippen molar-refractivity contribution in [2.45, 2.75) is 77.2 Å². The minimum atomic E-state index is -0.797. The molecule has 0 spiro atoms. The first-order chi connectivity index (χ1) is 9.59. The van der Waals surface area contributed by atoms with Gasteiger partial charge in [0.25, 0.3) is 0 Å².